The van der Waals surface area contributed by atoms with E-state index in [4.69, 9.17) is 5.73 Å². The number of hydrogen-bond acceptors (Lipinski definition) is 4. The number of carbonyl (C=O) groups is 2. The van der Waals surface area contributed by atoms with E-state index in [1.165, 1.54) is 28.7 Å². The fraction of sp³-hybridized carbons (Fsp3) is 0.595. The fourth-order valence-electron chi connectivity index (χ4n) is 6.84. The van der Waals surface area contributed by atoms with Crippen LogP contribution in [0.4, 0.5) is 13.2 Å². The Labute approximate surface area is 273 Å². The van der Waals surface area contributed by atoms with Gasteiger partial charge in [0, 0.05) is 12.0 Å². The molecule has 0 saturated heterocycles. The van der Waals surface area contributed by atoms with Crippen molar-refractivity contribution in [1.29, 1.82) is 0 Å². The van der Waals surface area contributed by atoms with Crippen LogP contribution in [0.25, 0.3) is 0 Å². The maximum atomic E-state index is 14.2. The summed E-state index contributed by atoms with van der Waals surface area (Å²) in [7, 11) is 0. The van der Waals surface area contributed by atoms with Crippen LogP contribution in [0.1, 0.15) is 144 Å². The number of carbonyl (C=O) groups excluding carboxylic acids is 2. The molecule has 5 atom stereocenters. The molecule has 3 N–H and O–H groups in total. The third kappa shape index (κ3) is 8.51. The van der Waals surface area contributed by atoms with Crippen molar-refractivity contribution in [2.24, 2.45) is 22.1 Å². The van der Waals surface area contributed by atoms with Crippen molar-refractivity contribution in [3.05, 3.63) is 69.8 Å². The summed E-state index contributed by atoms with van der Waals surface area (Å²) in [5.74, 6) is -2.20. The quantitative estimate of drug-likeness (QED) is 0.326. The lowest BCUT2D eigenvalue weighted by Crippen LogP contribution is -2.48. The van der Waals surface area contributed by atoms with E-state index in [-0.39, 0.29) is 59.2 Å². The second kappa shape index (κ2) is 15.0. The van der Waals surface area contributed by atoms with Crippen molar-refractivity contribution in [3.8, 4) is 0 Å². The Bertz CT molecular complexity index is 1410. The van der Waals surface area contributed by atoms with Gasteiger partial charge in [0.25, 0.3) is 5.91 Å². The molecule has 0 saturated carbocycles. The van der Waals surface area contributed by atoms with Crippen LogP contribution in [0.3, 0.4) is 0 Å². The van der Waals surface area contributed by atoms with Crippen molar-refractivity contribution >= 4 is 17.8 Å². The zero-order valence-electron chi connectivity index (χ0n) is 29.0. The Balaban J connectivity index is 0.00000139. The Kier molecular flexibility index (Phi) is 12.1. The standard InChI is InChI=1S/C33H41F3N4O2.2C2H6/c1-18-6-10-22-15-29(41)40(31(37)38-22)28-16-26(33(34,35)36)23-11-9-21(14-25(23)28)30(42)39-27(17-32(3,4)5)24-13-20(12-18)8-7-19(24)2;2*1-2/h7-9,11,13-14,18,22,26-28H,6,10,12,15-17H2,1-5H3,(H2,37,38)(H,39,42);2*1-2H3/t18?,22?,26?,27?,28-;;/m1../s1. The molecule has 6 bridgehead atoms. The first-order valence-corrected chi connectivity index (χ1v) is 16.9. The average Bonchev–Trinajstić information content (AvgIpc) is 3.36. The molecule has 2 aromatic carbocycles. The van der Waals surface area contributed by atoms with Crippen molar-refractivity contribution in [3.63, 3.8) is 0 Å². The molecule has 3 aliphatic heterocycles. The van der Waals surface area contributed by atoms with Crippen LogP contribution < -0.4 is 11.1 Å². The molecule has 6 nitrogen and oxygen atoms in total. The third-order valence-electron chi connectivity index (χ3n) is 8.91. The summed E-state index contributed by atoms with van der Waals surface area (Å²) in [6, 6.07) is 9.20. The first-order chi connectivity index (χ1) is 21.6. The van der Waals surface area contributed by atoms with Crippen LogP contribution >= 0.6 is 0 Å². The van der Waals surface area contributed by atoms with Crippen LogP contribution in [0.2, 0.25) is 0 Å². The molecule has 46 heavy (non-hydrogen) atoms. The second-order valence-electron chi connectivity index (χ2n) is 13.7. The lowest BCUT2D eigenvalue weighted by Gasteiger charge is -2.34. The highest BCUT2D eigenvalue weighted by molar-refractivity contribution is 5.99. The Morgan fingerprint density at radius 2 is 1.61 bits per heavy atom. The number of guanidine groups is 1. The summed E-state index contributed by atoms with van der Waals surface area (Å²) >= 11 is 0. The van der Waals surface area contributed by atoms with Gasteiger partial charge < -0.3 is 11.1 Å². The molecule has 4 aliphatic rings. The molecule has 6 rings (SSSR count). The van der Waals surface area contributed by atoms with E-state index in [1.807, 2.05) is 34.6 Å². The molecule has 254 valence electrons. The summed E-state index contributed by atoms with van der Waals surface area (Å²) in [5.41, 5.74) is 10.1. The minimum absolute atomic E-state index is 0.0490. The molecular weight excluding hydrogens is 589 g/mol. The van der Waals surface area contributed by atoms with Crippen molar-refractivity contribution in [1.82, 2.24) is 10.2 Å². The van der Waals surface area contributed by atoms with Gasteiger partial charge in [-0.2, -0.15) is 13.2 Å². The lowest BCUT2D eigenvalue weighted by atomic mass is 9.83. The topological polar surface area (TPSA) is 87.8 Å². The predicted octanol–water partition coefficient (Wildman–Crippen LogP) is 8.93. The number of hydrogen-bond donors (Lipinski definition) is 2. The molecular formula is C37H53F3N4O2. The number of benzene rings is 2. The number of nitrogens with zero attached hydrogens (tertiary/aromatic N) is 2. The SMILES string of the molecule is CC.CC.Cc1ccc2cc1C(CC(C)(C)C)NC(=O)c1ccc3c(c1)[C@@H](CC3C(F)(F)F)N1C(=O)CC(CCC(C)C2)N=C1N. The number of nitrogens with one attached hydrogen (secondary N) is 1. The normalized spacial score (nSPS) is 24.8. The number of aliphatic imine (C=N–C) groups is 1. The second-order valence-corrected chi connectivity index (χ2v) is 13.7. The molecule has 4 unspecified atom stereocenters. The average molecular weight is 643 g/mol. The molecule has 2 aromatic rings. The van der Waals surface area contributed by atoms with Gasteiger partial charge in [0.1, 0.15) is 0 Å². The van der Waals surface area contributed by atoms with Crippen LogP contribution in [0.15, 0.2) is 41.4 Å². The smallest absolute Gasteiger partial charge is 0.369 e. The Morgan fingerprint density at radius 1 is 0.935 bits per heavy atom. The van der Waals surface area contributed by atoms with Crippen molar-refractivity contribution in [2.75, 3.05) is 0 Å². The van der Waals surface area contributed by atoms with E-state index >= 15 is 0 Å². The first-order valence-electron chi connectivity index (χ1n) is 16.9. The maximum Gasteiger partial charge on any atom is 0.395 e. The zero-order chi connectivity index (χ0) is 34.6. The van der Waals surface area contributed by atoms with Crippen LogP contribution in [-0.2, 0) is 11.2 Å². The van der Waals surface area contributed by atoms with Crippen LogP contribution in [-0.4, -0.2) is 34.9 Å². The molecule has 3 heterocycles. The van der Waals surface area contributed by atoms with E-state index in [1.54, 1.807) is 0 Å². The molecule has 2 amide bonds. The minimum atomic E-state index is -4.51. The zero-order valence-corrected chi connectivity index (χ0v) is 29.0. The summed E-state index contributed by atoms with van der Waals surface area (Å²) in [5, 5.41) is 3.20. The van der Waals surface area contributed by atoms with Crippen molar-refractivity contribution < 1.29 is 22.8 Å². The number of halogens is 3. The van der Waals surface area contributed by atoms with Gasteiger partial charge >= 0.3 is 6.18 Å². The highest BCUT2D eigenvalue weighted by atomic mass is 19.4. The highest BCUT2D eigenvalue weighted by Gasteiger charge is 2.50. The van der Waals surface area contributed by atoms with Gasteiger partial charge in [-0.15, -0.1) is 0 Å². The summed E-state index contributed by atoms with van der Waals surface area (Å²) < 4.78 is 42.6. The molecule has 0 spiro atoms. The number of fused-ring (bicyclic) bond motifs is 6. The summed E-state index contributed by atoms with van der Waals surface area (Å²) in [6.45, 7) is 18.6. The number of nitrogens with two attached hydrogens (primary N) is 1. The number of rotatable bonds is 1. The van der Waals surface area contributed by atoms with Gasteiger partial charge in [-0.1, -0.05) is 79.7 Å². The van der Waals surface area contributed by atoms with Gasteiger partial charge in [-0.3, -0.25) is 14.5 Å². The van der Waals surface area contributed by atoms with Gasteiger partial charge in [0.05, 0.1) is 24.0 Å². The number of aryl methyl sites for hydroxylation is 1. The third-order valence-corrected chi connectivity index (χ3v) is 8.91. The van der Waals surface area contributed by atoms with E-state index in [0.717, 1.165) is 24.0 Å². The van der Waals surface area contributed by atoms with Gasteiger partial charge in [-0.05, 0) is 90.3 Å². The monoisotopic (exact) mass is 642 g/mol. The van der Waals surface area contributed by atoms with E-state index in [9.17, 15) is 22.8 Å². The lowest BCUT2D eigenvalue weighted by molar-refractivity contribution is -0.153. The van der Waals surface area contributed by atoms with Gasteiger partial charge in [-0.25, -0.2) is 4.99 Å². The van der Waals surface area contributed by atoms with Crippen LogP contribution in [0.5, 0.6) is 0 Å². The predicted molar refractivity (Wildman–Crippen MR) is 180 cm³/mol. The van der Waals surface area contributed by atoms with E-state index in [0.29, 0.717) is 24.3 Å². The van der Waals surface area contributed by atoms with Gasteiger partial charge in [0.2, 0.25) is 5.91 Å². The molecule has 0 fully saturated rings. The van der Waals surface area contributed by atoms with Crippen molar-refractivity contribution in [2.45, 2.75) is 131 Å². The number of alkyl halides is 3. The number of amides is 2. The molecule has 0 radical (unpaired) electrons. The molecule has 9 heteroatoms. The summed E-state index contributed by atoms with van der Waals surface area (Å²) in [6.07, 6.45) is -1.76. The fourth-order valence-corrected chi connectivity index (χ4v) is 6.84. The van der Waals surface area contributed by atoms with E-state index < -0.39 is 18.1 Å². The Morgan fingerprint density at radius 3 is 2.22 bits per heavy atom. The van der Waals surface area contributed by atoms with Gasteiger partial charge in [0.15, 0.2) is 5.96 Å². The maximum absolute atomic E-state index is 14.2. The largest absolute Gasteiger partial charge is 0.395 e. The van der Waals surface area contributed by atoms with E-state index in [2.05, 4.69) is 56.2 Å². The first kappa shape index (κ1) is 37.1. The minimum Gasteiger partial charge on any atom is -0.369 e. The molecule has 0 aromatic heterocycles. The van der Waals surface area contributed by atoms with Crippen LogP contribution in [0, 0.1) is 18.3 Å². The Hall–Kier alpha value is -3.36. The highest BCUT2D eigenvalue weighted by Crippen LogP contribution is 2.51. The molecule has 1 aliphatic carbocycles. The summed E-state index contributed by atoms with van der Waals surface area (Å²) in [4.78, 5) is 33.0.